The minimum atomic E-state index is -0.248. The van der Waals surface area contributed by atoms with Gasteiger partial charge in [-0.15, -0.1) is 0 Å². The first-order valence-electron chi connectivity index (χ1n) is 8.43. The summed E-state index contributed by atoms with van der Waals surface area (Å²) >= 11 is 6.25. The van der Waals surface area contributed by atoms with Crippen molar-refractivity contribution in [2.75, 3.05) is 31.6 Å². The summed E-state index contributed by atoms with van der Waals surface area (Å²) in [7, 11) is 0. The summed E-state index contributed by atoms with van der Waals surface area (Å²) in [4.78, 5) is 14.6. The minimum absolute atomic E-state index is 0.159. The molecule has 0 aliphatic carbocycles. The Morgan fingerprint density at radius 2 is 2.00 bits per heavy atom. The molecule has 6 nitrogen and oxygen atoms in total. The number of nitrogens with zero attached hydrogens (tertiary/aromatic N) is 1. The third-order valence-electron chi connectivity index (χ3n) is 4.37. The molecule has 0 aromatic heterocycles. The highest BCUT2D eigenvalue weighted by molar-refractivity contribution is 6.34. The van der Waals surface area contributed by atoms with E-state index in [4.69, 9.17) is 21.1 Å². The van der Waals surface area contributed by atoms with Gasteiger partial charge in [0.25, 0.3) is 0 Å². The minimum Gasteiger partial charge on any atom is -0.490 e. The normalized spacial score (nSPS) is 20.8. The fourth-order valence-electron chi connectivity index (χ4n) is 3.00. The number of carbonyl (C=O) groups excluding carboxylic acids is 1. The van der Waals surface area contributed by atoms with Crippen LogP contribution in [0.5, 0.6) is 11.5 Å². The third-order valence-corrected chi connectivity index (χ3v) is 4.68. The summed E-state index contributed by atoms with van der Waals surface area (Å²) < 4.78 is 11.2. The molecule has 0 radical (unpaired) electrons. The van der Waals surface area contributed by atoms with Crippen LogP contribution < -0.4 is 20.1 Å². The lowest BCUT2D eigenvalue weighted by atomic mass is 10.2. The smallest absolute Gasteiger partial charge is 0.319 e. The fourth-order valence-corrected chi connectivity index (χ4v) is 3.20. The predicted molar refractivity (Wildman–Crippen MR) is 94.3 cm³/mol. The first-order chi connectivity index (χ1) is 11.5. The van der Waals surface area contributed by atoms with E-state index in [1.165, 1.54) is 0 Å². The van der Waals surface area contributed by atoms with Crippen LogP contribution in [0.1, 0.15) is 26.7 Å². The molecule has 1 atom stereocenters. The number of amides is 2. The molecule has 0 spiro atoms. The van der Waals surface area contributed by atoms with Crippen LogP contribution in [0.2, 0.25) is 5.02 Å². The number of halogens is 1. The van der Waals surface area contributed by atoms with E-state index < -0.39 is 0 Å². The van der Waals surface area contributed by atoms with E-state index >= 15 is 0 Å². The van der Waals surface area contributed by atoms with Gasteiger partial charge in [0.15, 0.2) is 11.5 Å². The molecule has 1 fully saturated rings. The molecule has 1 saturated heterocycles. The van der Waals surface area contributed by atoms with Gasteiger partial charge >= 0.3 is 6.03 Å². The Labute approximate surface area is 147 Å². The van der Waals surface area contributed by atoms with Crippen LogP contribution >= 0.6 is 11.6 Å². The molecule has 2 N–H and O–H groups in total. The molecule has 1 aromatic rings. The summed E-state index contributed by atoms with van der Waals surface area (Å²) in [6.45, 7) is 7.41. The van der Waals surface area contributed by atoms with Crippen LogP contribution in [0.25, 0.3) is 0 Å². The quantitative estimate of drug-likeness (QED) is 0.876. The Kier molecular flexibility index (Phi) is 5.36. The maximum atomic E-state index is 12.3. The molecule has 2 heterocycles. The molecule has 2 aliphatic rings. The highest BCUT2D eigenvalue weighted by Crippen LogP contribution is 2.37. The van der Waals surface area contributed by atoms with E-state index in [1.807, 2.05) is 0 Å². The molecular formula is C17H24ClN3O3. The molecule has 3 rings (SSSR count). The number of ether oxygens (including phenoxy) is 2. The lowest BCUT2D eigenvalue weighted by molar-refractivity contribution is 0.244. The van der Waals surface area contributed by atoms with Crippen molar-refractivity contribution in [3.8, 4) is 11.5 Å². The highest BCUT2D eigenvalue weighted by atomic mass is 35.5. The molecule has 7 heteroatoms. The van der Waals surface area contributed by atoms with Gasteiger partial charge in [-0.2, -0.15) is 0 Å². The van der Waals surface area contributed by atoms with Crippen molar-refractivity contribution in [1.29, 1.82) is 0 Å². The summed E-state index contributed by atoms with van der Waals surface area (Å²) in [5.74, 6) is 1.23. The topological polar surface area (TPSA) is 62.8 Å². The molecule has 0 saturated carbocycles. The van der Waals surface area contributed by atoms with E-state index in [2.05, 4.69) is 29.4 Å². The monoisotopic (exact) mass is 353 g/mol. The van der Waals surface area contributed by atoms with Gasteiger partial charge in [0.05, 0.1) is 23.9 Å². The Morgan fingerprint density at radius 3 is 2.67 bits per heavy atom. The standard InChI is InChI=1S/C17H24ClN3O3/c1-11(2)21-5-4-12(10-21)19-17(22)20-14-9-16-15(8-13(14)18)23-6-3-7-24-16/h8-9,11-12H,3-7,10H2,1-2H3,(H2,19,20,22). The molecule has 24 heavy (non-hydrogen) atoms. The van der Waals surface area contributed by atoms with Crippen LogP contribution in [0.15, 0.2) is 12.1 Å². The van der Waals surface area contributed by atoms with E-state index in [9.17, 15) is 4.79 Å². The maximum Gasteiger partial charge on any atom is 0.319 e. The number of hydrogen-bond acceptors (Lipinski definition) is 4. The molecule has 1 unspecified atom stereocenters. The number of rotatable bonds is 3. The van der Waals surface area contributed by atoms with Gasteiger partial charge in [0.2, 0.25) is 0 Å². The number of nitrogens with one attached hydrogen (secondary N) is 2. The van der Waals surface area contributed by atoms with Crippen LogP contribution in [-0.4, -0.2) is 49.3 Å². The zero-order valence-corrected chi connectivity index (χ0v) is 14.9. The molecule has 1 aromatic carbocycles. The first-order valence-corrected chi connectivity index (χ1v) is 8.81. The summed E-state index contributed by atoms with van der Waals surface area (Å²) in [5, 5.41) is 6.26. The number of anilines is 1. The van der Waals surface area contributed by atoms with Gasteiger partial charge in [-0.1, -0.05) is 11.6 Å². The SMILES string of the molecule is CC(C)N1CCC(NC(=O)Nc2cc3c(cc2Cl)OCCCO3)C1. The van der Waals surface area contributed by atoms with E-state index in [-0.39, 0.29) is 12.1 Å². The second kappa shape index (κ2) is 7.49. The first kappa shape index (κ1) is 17.2. The fraction of sp³-hybridized carbons (Fsp3) is 0.588. The van der Waals surface area contributed by atoms with Gasteiger partial charge in [-0.3, -0.25) is 4.90 Å². The average molecular weight is 354 g/mol. The Morgan fingerprint density at radius 1 is 1.29 bits per heavy atom. The van der Waals surface area contributed by atoms with Crippen LogP contribution in [0, 0.1) is 0 Å². The van der Waals surface area contributed by atoms with Gasteiger partial charge in [-0.25, -0.2) is 4.79 Å². The van der Waals surface area contributed by atoms with E-state index in [0.29, 0.717) is 41.5 Å². The number of benzene rings is 1. The third kappa shape index (κ3) is 4.05. The zero-order valence-electron chi connectivity index (χ0n) is 14.1. The van der Waals surface area contributed by atoms with E-state index in [1.54, 1.807) is 12.1 Å². The molecule has 2 amide bonds. The van der Waals surface area contributed by atoms with Crippen LogP contribution in [0.3, 0.4) is 0 Å². The van der Waals surface area contributed by atoms with Crippen molar-refractivity contribution in [3.05, 3.63) is 17.2 Å². The Balaban J connectivity index is 1.61. The Hall–Kier alpha value is -1.66. The maximum absolute atomic E-state index is 12.3. The summed E-state index contributed by atoms with van der Waals surface area (Å²) in [6, 6.07) is 3.82. The van der Waals surface area contributed by atoms with Crippen molar-refractivity contribution in [3.63, 3.8) is 0 Å². The van der Waals surface area contributed by atoms with Crippen molar-refractivity contribution < 1.29 is 14.3 Å². The molecular weight excluding hydrogens is 330 g/mol. The predicted octanol–water partition coefficient (Wildman–Crippen LogP) is 3.11. The van der Waals surface area contributed by atoms with Crippen molar-refractivity contribution in [2.24, 2.45) is 0 Å². The van der Waals surface area contributed by atoms with Crippen molar-refractivity contribution >= 4 is 23.3 Å². The molecule has 0 bridgehead atoms. The summed E-state index contributed by atoms with van der Waals surface area (Å²) in [5.41, 5.74) is 0.525. The number of fused-ring (bicyclic) bond motifs is 1. The molecule has 132 valence electrons. The lowest BCUT2D eigenvalue weighted by Gasteiger charge is -2.20. The average Bonchev–Trinajstić information content (AvgIpc) is 2.87. The van der Waals surface area contributed by atoms with Gasteiger partial charge in [0, 0.05) is 43.7 Å². The number of hydrogen-bond donors (Lipinski definition) is 2. The summed E-state index contributed by atoms with van der Waals surface area (Å²) in [6.07, 6.45) is 1.78. The Bertz CT molecular complexity index is 609. The van der Waals surface area contributed by atoms with Gasteiger partial charge < -0.3 is 20.1 Å². The largest absolute Gasteiger partial charge is 0.490 e. The second-order valence-electron chi connectivity index (χ2n) is 6.50. The van der Waals surface area contributed by atoms with Gasteiger partial charge in [0.1, 0.15) is 0 Å². The van der Waals surface area contributed by atoms with Gasteiger partial charge in [-0.05, 0) is 20.3 Å². The number of carbonyl (C=O) groups is 1. The molecule has 2 aliphatic heterocycles. The highest BCUT2D eigenvalue weighted by Gasteiger charge is 2.25. The van der Waals surface area contributed by atoms with Crippen molar-refractivity contribution in [1.82, 2.24) is 10.2 Å². The number of urea groups is 1. The second-order valence-corrected chi connectivity index (χ2v) is 6.91. The number of likely N-dealkylation sites (tertiary alicyclic amines) is 1. The van der Waals surface area contributed by atoms with E-state index in [0.717, 1.165) is 25.9 Å². The lowest BCUT2D eigenvalue weighted by Crippen LogP contribution is -2.40. The zero-order chi connectivity index (χ0) is 17.1. The van der Waals surface area contributed by atoms with Crippen molar-refractivity contribution in [2.45, 2.75) is 38.8 Å². The van der Waals surface area contributed by atoms with Crippen LogP contribution in [-0.2, 0) is 0 Å². The van der Waals surface area contributed by atoms with Crippen LogP contribution in [0.4, 0.5) is 10.5 Å².